The molecule has 0 saturated carbocycles. The van der Waals surface area contributed by atoms with Crippen LogP contribution in [0, 0.1) is 0 Å². The summed E-state index contributed by atoms with van der Waals surface area (Å²) >= 11 is 0. The lowest BCUT2D eigenvalue weighted by Crippen LogP contribution is -1.77. The summed E-state index contributed by atoms with van der Waals surface area (Å²) in [6.45, 7) is 4.26. The molecule has 1 nitrogen and oxygen atoms in total. The van der Waals surface area contributed by atoms with E-state index in [0.717, 1.165) is 5.56 Å². The van der Waals surface area contributed by atoms with E-state index in [1.165, 1.54) is 11.1 Å². The fourth-order valence-electron chi connectivity index (χ4n) is 1.23. The molecule has 0 atom stereocenters. The quantitative estimate of drug-likeness (QED) is 0.772. The van der Waals surface area contributed by atoms with E-state index in [0.29, 0.717) is 0 Å². The third-order valence-corrected chi connectivity index (χ3v) is 1.81. The first-order valence-electron chi connectivity index (χ1n) is 4.75. The molecule has 0 heterocycles. The molecule has 0 spiro atoms. The fourth-order valence-corrected chi connectivity index (χ4v) is 1.23. The molecule has 0 unspecified atom stereocenters. The summed E-state index contributed by atoms with van der Waals surface area (Å²) < 4.78 is 0. The molecule has 0 aromatic heterocycles. The number of aliphatic hydroxyl groups excluding tert-OH is 1. The molecule has 0 aliphatic rings. The highest BCUT2D eigenvalue weighted by atomic mass is 16.2. The van der Waals surface area contributed by atoms with E-state index >= 15 is 0 Å². The molecule has 0 amide bonds. The van der Waals surface area contributed by atoms with Crippen LogP contribution >= 0.6 is 0 Å². The monoisotopic (exact) mass is 188 g/mol. The number of allylic oxidation sites excluding steroid dienone is 1. The largest absolute Gasteiger partial charge is 0.392 e. The molecule has 1 aromatic rings. The normalized spacial score (nSPS) is 10.5. The van der Waals surface area contributed by atoms with Crippen molar-refractivity contribution in [2.75, 3.05) is 6.61 Å². The van der Waals surface area contributed by atoms with E-state index in [9.17, 15) is 0 Å². The van der Waals surface area contributed by atoms with Crippen LogP contribution in [0.1, 0.15) is 25.0 Å². The number of hydrogen-bond donors (Lipinski definition) is 1. The van der Waals surface area contributed by atoms with E-state index < -0.39 is 0 Å². The Kier molecular flexibility index (Phi) is 4.14. The lowest BCUT2D eigenvalue weighted by Gasteiger charge is -1.96. The second-order valence-electron chi connectivity index (χ2n) is 3.47. The van der Waals surface area contributed by atoms with Crippen LogP contribution in [0.2, 0.25) is 0 Å². The third kappa shape index (κ3) is 3.58. The van der Waals surface area contributed by atoms with Gasteiger partial charge in [-0.15, -0.1) is 0 Å². The fraction of sp³-hybridized carbons (Fsp3) is 0.231. The Hall–Kier alpha value is -1.34. The molecular formula is C13H16O. The Labute approximate surface area is 85.4 Å². The van der Waals surface area contributed by atoms with Gasteiger partial charge in [-0.1, -0.05) is 48.1 Å². The molecule has 1 rings (SSSR count). The summed E-state index contributed by atoms with van der Waals surface area (Å²) in [5.41, 5.74) is 3.62. The predicted octanol–water partition coefficient (Wildman–Crippen LogP) is 3.12. The van der Waals surface area contributed by atoms with Gasteiger partial charge in [0, 0.05) is 0 Å². The van der Waals surface area contributed by atoms with Gasteiger partial charge in [0.25, 0.3) is 0 Å². The van der Waals surface area contributed by atoms with Gasteiger partial charge in [0.05, 0.1) is 6.61 Å². The van der Waals surface area contributed by atoms with Crippen LogP contribution in [0.4, 0.5) is 0 Å². The Bertz CT molecular complexity index is 327. The smallest absolute Gasteiger partial charge is 0.0615 e. The standard InChI is InChI=1S/C13H16O/c1-11(2)10-13-7-5-12(6-8-13)4-3-9-14/h3-8,10,14H,9H2,1-2H3/b4-3+. The van der Waals surface area contributed by atoms with Crippen molar-refractivity contribution in [3.8, 4) is 0 Å². The van der Waals surface area contributed by atoms with Gasteiger partial charge < -0.3 is 5.11 Å². The summed E-state index contributed by atoms with van der Waals surface area (Å²) in [7, 11) is 0. The highest BCUT2D eigenvalue weighted by Crippen LogP contribution is 2.09. The van der Waals surface area contributed by atoms with Gasteiger partial charge in [0.15, 0.2) is 0 Å². The molecule has 0 fully saturated rings. The maximum Gasteiger partial charge on any atom is 0.0615 e. The Morgan fingerprint density at radius 3 is 2.21 bits per heavy atom. The van der Waals surface area contributed by atoms with Crippen LogP contribution in [-0.2, 0) is 0 Å². The van der Waals surface area contributed by atoms with Gasteiger partial charge in [-0.2, -0.15) is 0 Å². The Morgan fingerprint density at radius 1 is 1.14 bits per heavy atom. The molecule has 1 aromatic carbocycles. The average Bonchev–Trinajstić information content (AvgIpc) is 2.16. The van der Waals surface area contributed by atoms with Crippen molar-refractivity contribution in [3.05, 3.63) is 47.0 Å². The number of aliphatic hydroxyl groups is 1. The first-order valence-corrected chi connectivity index (χ1v) is 4.75. The van der Waals surface area contributed by atoms with E-state index in [2.05, 4.69) is 32.1 Å². The van der Waals surface area contributed by atoms with Gasteiger partial charge in [0.1, 0.15) is 0 Å². The van der Waals surface area contributed by atoms with Crippen molar-refractivity contribution in [3.63, 3.8) is 0 Å². The zero-order valence-corrected chi connectivity index (χ0v) is 8.70. The van der Waals surface area contributed by atoms with E-state index in [4.69, 9.17) is 5.11 Å². The molecular weight excluding hydrogens is 172 g/mol. The maximum absolute atomic E-state index is 8.60. The summed E-state index contributed by atoms with van der Waals surface area (Å²) in [6.07, 6.45) is 5.78. The van der Waals surface area contributed by atoms with Crippen molar-refractivity contribution in [1.29, 1.82) is 0 Å². The highest BCUT2D eigenvalue weighted by molar-refractivity contribution is 5.56. The molecule has 0 saturated heterocycles. The summed E-state index contributed by atoms with van der Waals surface area (Å²) in [6, 6.07) is 8.23. The van der Waals surface area contributed by atoms with Crippen LogP contribution in [0.3, 0.4) is 0 Å². The summed E-state index contributed by atoms with van der Waals surface area (Å²) in [4.78, 5) is 0. The molecule has 0 aliphatic heterocycles. The van der Waals surface area contributed by atoms with Crippen LogP contribution in [0.5, 0.6) is 0 Å². The number of hydrogen-bond acceptors (Lipinski definition) is 1. The van der Waals surface area contributed by atoms with Crippen LogP contribution in [0.15, 0.2) is 35.9 Å². The third-order valence-electron chi connectivity index (χ3n) is 1.81. The minimum Gasteiger partial charge on any atom is -0.392 e. The van der Waals surface area contributed by atoms with E-state index in [-0.39, 0.29) is 6.61 Å². The lowest BCUT2D eigenvalue weighted by atomic mass is 10.1. The first kappa shape index (κ1) is 10.7. The van der Waals surface area contributed by atoms with Crippen molar-refractivity contribution in [2.45, 2.75) is 13.8 Å². The molecule has 1 heteroatoms. The molecule has 0 radical (unpaired) electrons. The second kappa shape index (κ2) is 5.40. The summed E-state index contributed by atoms with van der Waals surface area (Å²) in [5, 5.41) is 8.60. The first-order chi connectivity index (χ1) is 6.72. The minimum absolute atomic E-state index is 0.0930. The zero-order chi connectivity index (χ0) is 10.4. The number of benzene rings is 1. The SMILES string of the molecule is CC(C)=Cc1ccc(/C=C/CO)cc1. The minimum atomic E-state index is 0.0930. The second-order valence-corrected chi connectivity index (χ2v) is 3.47. The average molecular weight is 188 g/mol. The van der Waals surface area contributed by atoms with Crippen molar-refractivity contribution >= 4 is 12.2 Å². The van der Waals surface area contributed by atoms with Gasteiger partial charge in [0.2, 0.25) is 0 Å². The Balaban J connectivity index is 2.78. The van der Waals surface area contributed by atoms with Crippen molar-refractivity contribution in [2.24, 2.45) is 0 Å². The summed E-state index contributed by atoms with van der Waals surface area (Å²) in [5.74, 6) is 0. The van der Waals surface area contributed by atoms with Crippen molar-refractivity contribution in [1.82, 2.24) is 0 Å². The highest BCUT2D eigenvalue weighted by Gasteiger charge is 1.88. The topological polar surface area (TPSA) is 20.2 Å². The predicted molar refractivity (Wildman–Crippen MR) is 61.9 cm³/mol. The van der Waals surface area contributed by atoms with Gasteiger partial charge in [-0.25, -0.2) is 0 Å². The molecule has 74 valence electrons. The zero-order valence-electron chi connectivity index (χ0n) is 8.70. The molecule has 0 aliphatic carbocycles. The van der Waals surface area contributed by atoms with Gasteiger partial charge in [-0.05, 0) is 25.0 Å². The Morgan fingerprint density at radius 2 is 1.71 bits per heavy atom. The van der Waals surface area contributed by atoms with Crippen LogP contribution in [0.25, 0.3) is 12.2 Å². The lowest BCUT2D eigenvalue weighted by molar-refractivity contribution is 0.343. The van der Waals surface area contributed by atoms with Gasteiger partial charge >= 0.3 is 0 Å². The van der Waals surface area contributed by atoms with Crippen LogP contribution < -0.4 is 0 Å². The molecule has 1 N–H and O–H groups in total. The molecule has 0 bridgehead atoms. The van der Waals surface area contributed by atoms with Crippen LogP contribution in [-0.4, -0.2) is 11.7 Å². The van der Waals surface area contributed by atoms with E-state index in [1.807, 2.05) is 18.2 Å². The van der Waals surface area contributed by atoms with Crippen molar-refractivity contribution < 1.29 is 5.11 Å². The van der Waals surface area contributed by atoms with E-state index in [1.54, 1.807) is 6.08 Å². The maximum atomic E-state index is 8.60. The van der Waals surface area contributed by atoms with Gasteiger partial charge in [-0.3, -0.25) is 0 Å². The number of rotatable bonds is 3. The molecule has 14 heavy (non-hydrogen) atoms.